The summed E-state index contributed by atoms with van der Waals surface area (Å²) >= 11 is 0. The zero-order valence-corrected chi connectivity index (χ0v) is 10.1. The van der Waals surface area contributed by atoms with E-state index in [4.69, 9.17) is 11.5 Å². The lowest BCUT2D eigenvalue weighted by atomic mass is 10.2. The topological polar surface area (TPSA) is 83.5 Å². The minimum atomic E-state index is -3.60. The second-order valence-corrected chi connectivity index (χ2v) is 5.04. The van der Waals surface area contributed by atoms with Crippen molar-refractivity contribution in [1.82, 2.24) is 4.72 Å². The summed E-state index contributed by atoms with van der Waals surface area (Å²) in [7, 11) is -3.60. The van der Waals surface area contributed by atoms with Crippen molar-refractivity contribution in [2.45, 2.75) is 4.90 Å². The fourth-order valence-electron chi connectivity index (χ4n) is 1.15. The van der Waals surface area contributed by atoms with Gasteiger partial charge in [0.1, 0.15) is 0 Å². The molecule has 5 nitrogen and oxygen atoms in total. The molecule has 0 fully saturated rings. The number of sulfonamides is 1. The summed E-state index contributed by atoms with van der Waals surface area (Å²) in [6.45, 7) is -0.0804. The van der Waals surface area contributed by atoms with Crippen LogP contribution in [0.2, 0.25) is 0 Å². The smallest absolute Gasteiger partial charge is 0.328 e. The number of aliphatic carboxylic acids is 1. The van der Waals surface area contributed by atoms with Crippen molar-refractivity contribution in [3.05, 3.63) is 35.9 Å². The number of carboxylic acids is 1. The van der Waals surface area contributed by atoms with Crippen LogP contribution in [0.1, 0.15) is 5.56 Å². The van der Waals surface area contributed by atoms with Gasteiger partial charge in [-0.2, -0.15) is 4.72 Å². The Morgan fingerprint density at radius 3 is 2.50 bits per heavy atom. The number of nitrogens with one attached hydrogen (secondary N) is 1. The molecule has 94 valence electrons. The van der Waals surface area contributed by atoms with Crippen molar-refractivity contribution in [3.8, 4) is 12.3 Å². The molecule has 6 heteroatoms. The maximum atomic E-state index is 11.6. The number of benzene rings is 1. The largest absolute Gasteiger partial charge is 0.478 e. The van der Waals surface area contributed by atoms with Crippen molar-refractivity contribution >= 4 is 22.1 Å². The van der Waals surface area contributed by atoms with Crippen LogP contribution in [0.25, 0.3) is 6.08 Å². The van der Waals surface area contributed by atoms with E-state index in [1.165, 1.54) is 30.3 Å². The molecule has 0 saturated heterocycles. The summed E-state index contributed by atoms with van der Waals surface area (Å²) in [6.07, 6.45) is 7.31. The van der Waals surface area contributed by atoms with Crippen LogP contribution in [0.5, 0.6) is 0 Å². The predicted molar refractivity (Wildman–Crippen MR) is 67.1 cm³/mol. The number of hydrogen-bond acceptors (Lipinski definition) is 3. The van der Waals surface area contributed by atoms with Crippen LogP contribution in [0.3, 0.4) is 0 Å². The van der Waals surface area contributed by atoms with Crippen LogP contribution in [-0.2, 0) is 14.8 Å². The van der Waals surface area contributed by atoms with Crippen molar-refractivity contribution in [2.75, 3.05) is 6.54 Å². The van der Waals surface area contributed by atoms with Crippen molar-refractivity contribution in [3.63, 3.8) is 0 Å². The lowest BCUT2D eigenvalue weighted by molar-refractivity contribution is -0.131. The molecular formula is C12H11NO4S. The first-order valence-electron chi connectivity index (χ1n) is 4.90. The fourth-order valence-corrected chi connectivity index (χ4v) is 2.08. The summed E-state index contributed by atoms with van der Waals surface area (Å²) in [4.78, 5) is 10.4. The lowest BCUT2D eigenvalue weighted by Crippen LogP contribution is -2.23. The van der Waals surface area contributed by atoms with Gasteiger partial charge in [0, 0.05) is 6.08 Å². The van der Waals surface area contributed by atoms with Crippen LogP contribution < -0.4 is 4.72 Å². The molecule has 1 aromatic carbocycles. The molecule has 2 N–H and O–H groups in total. The first-order valence-corrected chi connectivity index (χ1v) is 6.38. The number of carboxylic acid groups (broad SMARTS) is 1. The first-order chi connectivity index (χ1) is 8.45. The molecule has 0 aliphatic rings. The van der Waals surface area contributed by atoms with Crippen LogP contribution in [0, 0.1) is 12.3 Å². The monoisotopic (exact) mass is 265 g/mol. The van der Waals surface area contributed by atoms with E-state index in [2.05, 4.69) is 10.6 Å². The highest BCUT2D eigenvalue weighted by molar-refractivity contribution is 7.89. The average molecular weight is 265 g/mol. The second-order valence-electron chi connectivity index (χ2n) is 3.27. The molecule has 1 aromatic rings. The Labute approximate surface area is 105 Å². The molecule has 0 bridgehead atoms. The van der Waals surface area contributed by atoms with Crippen LogP contribution in [0.15, 0.2) is 35.2 Å². The highest BCUT2D eigenvalue weighted by atomic mass is 32.2. The van der Waals surface area contributed by atoms with Gasteiger partial charge in [0.2, 0.25) is 10.0 Å². The van der Waals surface area contributed by atoms with Crippen LogP contribution in [0.4, 0.5) is 0 Å². The number of hydrogen-bond donors (Lipinski definition) is 2. The minimum Gasteiger partial charge on any atom is -0.478 e. The Kier molecular flexibility index (Phi) is 4.66. The van der Waals surface area contributed by atoms with Gasteiger partial charge in [-0.05, 0) is 23.8 Å². The molecule has 0 saturated carbocycles. The van der Waals surface area contributed by atoms with E-state index in [-0.39, 0.29) is 11.4 Å². The molecule has 0 spiro atoms. The van der Waals surface area contributed by atoms with Crippen LogP contribution >= 0.6 is 0 Å². The lowest BCUT2D eigenvalue weighted by Gasteiger charge is -2.03. The normalized spacial score (nSPS) is 11.3. The van der Waals surface area contributed by atoms with E-state index in [0.29, 0.717) is 5.56 Å². The van der Waals surface area contributed by atoms with Gasteiger partial charge in [-0.15, -0.1) is 6.42 Å². The van der Waals surface area contributed by atoms with Gasteiger partial charge in [0.15, 0.2) is 0 Å². The highest BCUT2D eigenvalue weighted by Gasteiger charge is 2.11. The predicted octanol–water partition coefficient (Wildman–Crippen LogP) is 0.696. The summed E-state index contributed by atoms with van der Waals surface area (Å²) < 4.78 is 25.5. The van der Waals surface area contributed by atoms with E-state index in [1.807, 2.05) is 0 Å². The molecule has 0 aliphatic carbocycles. The molecule has 0 unspecified atom stereocenters. The molecule has 1 rings (SSSR count). The van der Waals surface area contributed by atoms with E-state index in [9.17, 15) is 13.2 Å². The molecule has 0 aliphatic heterocycles. The van der Waals surface area contributed by atoms with Crippen molar-refractivity contribution in [2.24, 2.45) is 0 Å². The number of carbonyl (C=O) groups is 1. The molecule has 0 heterocycles. The van der Waals surface area contributed by atoms with E-state index < -0.39 is 16.0 Å². The Morgan fingerprint density at radius 1 is 1.39 bits per heavy atom. The Bertz CT molecular complexity index is 594. The maximum absolute atomic E-state index is 11.6. The quantitative estimate of drug-likeness (QED) is 0.606. The first kappa shape index (κ1) is 14.0. The van der Waals surface area contributed by atoms with Gasteiger partial charge in [-0.3, -0.25) is 0 Å². The van der Waals surface area contributed by atoms with E-state index in [1.54, 1.807) is 0 Å². The standard InChI is InChI=1S/C12H11NO4S/c1-2-9-13-18(16,17)11-6-3-10(4-7-11)5-8-12(14)15/h1,3-8,13H,9H2,(H,14,15). The molecular weight excluding hydrogens is 254 g/mol. The summed E-state index contributed by atoms with van der Waals surface area (Å²) in [5, 5.41) is 8.44. The van der Waals surface area contributed by atoms with Crippen molar-refractivity contribution < 1.29 is 18.3 Å². The summed E-state index contributed by atoms with van der Waals surface area (Å²) in [5.41, 5.74) is 0.591. The van der Waals surface area contributed by atoms with E-state index in [0.717, 1.165) is 6.08 Å². The van der Waals surface area contributed by atoms with Gasteiger partial charge >= 0.3 is 5.97 Å². The Hall–Kier alpha value is -2.10. The molecule has 0 amide bonds. The SMILES string of the molecule is C#CCNS(=O)(=O)c1ccc(C=CC(=O)O)cc1. The zero-order valence-electron chi connectivity index (χ0n) is 9.33. The molecule has 0 atom stereocenters. The number of rotatable bonds is 5. The molecule has 0 radical (unpaired) electrons. The van der Waals surface area contributed by atoms with Gasteiger partial charge in [0.05, 0.1) is 11.4 Å². The summed E-state index contributed by atoms with van der Waals surface area (Å²) in [5.74, 6) is 1.10. The fraction of sp³-hybridized carbons (Fsp3) is 0.0833. The average Bonchev–Trinajstić information content (AvgIpc) is 2.34. The van der Waals surface area contributed by atoms with Gasteiger partial charge in [-0.25, -0.2) is 13.2 Å². The third kappa shape index (κ3) is 4.05. The number of terminal acetylenes is 1. The molecule has 0 aromatic heterocycles. The third-order valence-corrected chi connectivity index (χ3v) is 3.39. The van der Waals surface area contributed by atoms with Gasteiger partial charge < -0.3 is 5.11 Å². The van der Waals surface area contributed by atoms with Gasteiger partial charge in [-0.1, -0.05) is 18.1 Å². The van der Waals surface area contributed by atoms with E-state index >= 15 is 0 Å². The summed E-state index contributed by atoms with van der Waals surface area (Å²) in [6, 6.07) is 5.76. The highest BCUT2D eigenvalue weighted by Crippen LogP contribution is 2.11. The van der Waals surface area contributed by atoms with Gasteiger partial charge in [0.25, 0.3) is 0 Å². The Morgan fingerprint density at radius 2 is 2.00 bits per heavy atom. The maximum Gasteiger partial charge on any atom is 0.328 e. The minimum absolute atomic E-state index is 0.0743. The van der Waals surface area contributed by atoms with Crippen molar-refractivity contribution in [1.29, 1.82) is 0 Å². The molecule has 18 heavy (non-hydrogen) atoms. The Balaban J connectivity index is 2.90. The zero-order chi connectivity index (χ0) is 13.6. The van der Waals surface area contributed by atoms with Crippen LogP contribution in [-0.4, -0.2) is 26.0 Å². The third-order valence-electron chi connectivity index (χ3n) is 1.97. The second kappa shape index (κ2) is 6.00.